The Morgan fingerprint density at radius 2 is 0.455 bits per heavy atom. The Labute approximate surface area is 315 Å². The number of quaternary nitrogens is 4. The van der Waals surface area contributed by atoms with Crippen molar-refractivity contribution in [2.24, 2.45) is 0 Å². The largest absolute Gasteiger partial charge is 1.00 e. The maximum atomic E-state index is 8.58. The van der Waals surface area contributed by atoms with Crippen LogP contribution in [0.3, 0.4) is 0 Å². The summed E-state index contributed by atoms with van der Waals surface area (Å²) in [5.74, 6) is 0. The molecule has 0 aliphatic heterocycles. The fourth-order valence-corrected chi connectivity index (χ4v) is 2.19. The number of hydrogen-bond donors (Lipinski definition) is 4. The second kappa shape index (κ2) is 17.2. The van der Waals surface area contributed by atoms with E-state index in [0.717, 1.165) is 59.6 Å². The minimum absolute atomic E-state index is 0. The van der Waals surface area contributed by atoms with Crippen LogP contribution in [0.15, 0.2) is 0 Å². The minimum Gasteiger partial charge on any atom is -0.369 e. The molecule has 16 nitrogen and oxygen atoms in total. The summed E-state index contributed by atoms with van der Waals surface area (Å²) in [5, 5.41) is 103. The molecule has 0 saturated carbocycles. The SMILES string of the molecule is N#[C][Fe-3]([C]#N)([C]#N)([C]#N)([C]#N)[C]#N.N#[C][Fe-4]([C]#N)([C]#N)([C]#N)([C]#N)[C]#N.[K+].[K+].[K+].[NH4+].[NH4+].[NH4+].[NH4+]. The molecule has 0 rings (SSSR count). The zero-order valence-corrected chi connectivity index (χ0v) is 30.7. The standard InChI is InChI=1S/12CN.2Fe.3K.4H3N/c12*1-2;;;;;;;;;/h;;;;;;;;;;;;;;;;;4*1H3/q;;;;;;;;;;;;-4;-3;3*+1;;;;/p+4. The number of hydrogen-bond acceptors (Lipinski definition) is 12. The number of nitrogens with zero attached hydrogens (tertiary/aromatic N) is 12. The van der Waals surface area contributed by atoms with E-state index >= 15 is 0 Å². The van der Waals surface area contributed by atoms with Gasteiger partial charge in [-0.1, -0.05) is 0 Å². The molecule has 33 heavy (non-hydrogen) atoms. The Balaban J connectivity index is -0.0000000411. The predicted molar refractivity (Wildman–Crippen MR) is 91.3 cm³/mol. The normalized spacial score (nSPS) is 10.5. The van der Waals surface area contributed by atoms with E-state index in [9.17, 15) is 0 Å². The molecule has 0 heterocycles. The monoisotopic (exact) mass is 613 g/mol. The molecule has 0 aromatic carbocycles. The molecule has 0 amide bonds. The molecule has 163 valence electrons. The van der Waals surface area contributed by atoms with Crippen LogP contribution in [0.5, 0.6) is 0 Å². The van der Waals surface area contributed by atoms with Crippen molar-refractivity contribution in [3.05, 3.63) is 0 Å². The summed E-state index contributed by atoms with van der Waals surface area (Å²) in [5.41, 5.74) is 0. The zero-order valence-electron chi connectivity index (χ0n) is 19.1. The quantitative estimate of drug-likeness (QED) is 0.185. The Kier molecular flexibility index (Phi) is 30.4. The van der Waals surface area contributed by atoms with Crippen LogP contribution in [-0.2, 0) is 21.5 Å². The van der Waals surface area contributed by atoms with Crippen LogP contribution in [0.2, 0.25) is 0 Å². The fourth-order valence-electron chi connectivity index (χ4n) is 0.530. The first kappa shape index (κ1) is 58.5. The predicted octanol–water partition coefficient (Wildman–Crippen LogP) is -7.29. The fraction of sp³-hybridized carbons (Fsp3) is 0. The molecule has 0 aromatic heterocycles. The van der Waals surface area contributed by atoms with Crippen molar-refractivity contribution in [2.75, 3.05) is 0 Å². The van der Waals surface area contributed by atoms with Crippen LogP contribution in [0.1, 0.15) is 0 Å². The van der Waals surface area contributed by atoms with Crippen molar-refractivity contribution in [3.8, 4) is 59.6 Å². The van der Waals surface area contributed by atoms with Gasteiger partial charge in [0.1, 0.15) is 0 Å². The Morgan fingerprint density at radius 1 is 0.333 bits per heavy atom. The number of nitriles is 12. The third-order valence-corrected chi connectivity index (χ3v) is 9.78. The van der Waals surface area contributed by atoms with Gasteiger partial charge in [-0.25, -0.2) is 0 Å². The molecular formula is C12H16Fe2K3N16. The van der Waals surface area contributed by atoms with Gasteiger partial charge in [0.25, 0.3) is 0 Å². The summed E-state index contributed by atoms with van der Waals surface area (Å²) in [6.07, 6.45) is 0. The summed E-state index contributed by atoms with van der Waals surface area (Å²) in [6, 6.07) is 0. The first-order valence-electron chi connectivity index (χ1n) is 4.80. The molecule has 0 radical (unpaired) electrons. The molecule has 0 aromatic rings. The summed E-state index contributed by atoms with van der Waals surface area (Å²) < 4.78 is 0. The van der Waals surface area contributed by atoms with Gasteiger partial charge >= 0.3 is 298 Å². The Morgan fingerprint density at radius 3 is 0.455 bits per heavy atom. The van der Waals surface area contributed by atoms with Crippen LogP contribution in [0, 0.1) is 123 Å². The zero-order chi connectivity index (χ0) is 21.3. The molecule has 0 unspecified atom stereocenters. The van der Waals surface area contributed by atoms with E-state index in [2.05, 4.69) is 0 Å². The third-order valence-electron chi connectivity index (χ3n) is 2.37. The smallest absolute Gasteiger partial charge is 0.369 e. The first-order chi connectivity index (χ1) is 11.9. The number of rotatable bonds is 0. The summed E-state index contributed by atoms with van der Waals surface area (Å²) in [6.45, 7) is 0. The third kappa shape index (κ3) is 7.83. The average Bonchev–Trinajstić information content (AvgIpc) is 2.77. The minimum atomic E-state index is -6.17. The first-order valence-corrected chi connectivity index (χ1v) is 11.4. The average molecular weight is 613 g/mol. The molecule has 0 aliphatic carbocycles. The van der Waals surface area contributed by atoms with Gasteiger partial charge in [0.05, 0.1) is 0 Å². The van der Waals surface area contributed by atoms with Gasteiger partial charge in [-0.3, -0.25) is 0 Å². The van der Waals surface area contributed by atoms with E-state index in [1.165, 1.54) is 0 Å². The molecule has 0 aliphatic rings. The maximum Gasteiger partial charge on any atom is 1.00 e. The van der Waals surface area contributed by atoms with Crippen molar-refractivity contribution in [3.63, 3.8) is 0 Å². The van der Waals surface area contributed by atoms with Gasteiger partial charge in [-0.15, -0.1) is 0 Å². The summed E-state index contributed by atoms with van der Waals surface area (Å²) >= 11 is 0. The topological polar surface area (TPSA) is 431 Å². The molecule has 0 fully saturated rings. The van der Waals surface area contributed by atoms with Crippen LogP contribution < -0.4 is 179 Å². The van der Waals surface area contributed by atoms with Crippen molar-refractivity contribution in [1.82, 2.24) is 24.6 Å². The summed E-state index contributed by atoms with van der Waals surface area (Å²) in [7, 11) is -12.3. The maximum absolute atomic E-state index is 8.58. The van der Waals surface area contributed by atoms with Crippen LogP contribution in [0.25, 0.3) is 0 Å². The van der Waals surface area contributed by atoms with Gasteiger partial charge in [-0.2, -0.15) is 0 Å². The van der Waals surface area contributed by atoms with E-state index < -0.39 is 21.5 Å². The van der Waals surface area contributed by atoms with E-state index in [1.807, 2.05) is 0 Å². The summed E-state index contributed by atoms with van der Waals surface area (Å²) in [4.78, 5) is 12.4. The van der Waals surface area contributed by atoms with Crippen LogP contribution in [0.4, 0.5) is 0 Å². The van der Waals surface area contributed by atoms with Gasteiger partial charge in [0, 0.05) is 0 Å². The van der Waals surface area contributed by atoms with Gasteiger partial charge in [-0.05, 0) is 0 Å². The van der Waals surface area contributed by atoms with Crippen LogP contribution >= 0.6 is 0 Å². The van der Waals surface area contributed by atoms with Gasteiger partial charge < -0.3 is 24.6 Å². The van der Waals surface area contributed by atoms with Crippen molar-refractivity contribution >= 4 is 0 Å². The molecule has 0 spiro atoms. The van der Waals surface area contributed by atoms with E-state index in [-0.39, 0.29) is 179 Å². The molecule has 21 heteroatoms. The van der Waals surface area contributed by atoms with E-state index in [4.69, 9.17) is 63.1 Å². The second-order valence-corrected chi connectivity index (χ2v) is 14.8. The van der Waals surface area contributed by atoms with E-state index in [0.29, 0.717) is 0 Å². The molecule has 0 saturated heterocycles. The van der Waals surface area contributed by atoms with Crippen LogP contribution in [-0.4, -0.2) is 0 Å². The second-order valence-electron chi connectivity index (χ2n) is 3.60. The molecule has 0 atom stereocenters. The molecule has 16 N–H and O–H groups in total. The van der Waals surface area contributed by atoms with Crippen molar-refractivity contribution in [2.45, 2.75) is 0 Å². The van der Waals surface area contributed by atoms with Crippen molar-refractivity contribution in [1.29, 1.82) is 63.1 Å². The van der Waals surface area contributed by atoms with Gasteiger partial charge in [0.2, 0.25) is 0 Å². The Hall–Kier alpha value is -0.332. The van der Waals surface area contributed by atoms with Crippen molar-refractivity contribution < 1.29 is 176 Å². The van der Waals surface area contributed by atoms with E-state index in [1.54, 1.807) is 0 Å². The van der Waals surface area contributed by atoms with Gasteiger partial charge in [0.15, 0.2) is 0 Å². The molecular weight excluding hydrogens is 597 g/mol. The Bertz CT molecular complexity index is 894. The molecule has 0 bridgehead atoms.